The first-order chi connectivity index (χ1) is 17.5. The van der Waals surface area contributed by atoms with Gasteiger partial charge in [0.15, 0.2) is 23.0 Å². The van der Waals surface area contributed by atoms with Gasteiger partial charge < -0.3 is 37.9 Å². The molecular formula is C28H32O8. The molecule has 3 rings (SSSR count). The van der Waals surface area contributed by atoms with Gasteiger partial charge in [-0.1, -0.05) is 0 Å². The molecule has 0 aliphatic rings. The zero-order valence-corrected chi connectivity index (χ0v) is 21.9. The van der Waals surface area contributed by atoms with Crippen molar-refractivity contribution in [3.63, 3.8) is 0 Å². The normalized spacial score (nSPS) is 10.9. The summed E-state index contributed by atoms with van der Waals surface area (Å²) in [5.41, 5.74) is 3.30. The highest BCUT2D eigenvalue weighted by Crippen LogP contribution is 2.44. The molecule has 0 heterocycles. The van der Waals surface area contributed by atoms with Crippen LogP contribution in [0.4, 0.5) is 0 Å². The Morgan fingerprint density at radius 3 is 1.19 bits per heavy atom. The van der Waals surface area contributed by atoms with E-state index >= 15 is 0 Å². The topological polar surface area (TPSA) is 73.8 Å². The van der Waals surface area contributed by atoms with E-state index in [0.717, 1.165) is 22.3 Å². The standard InChI is InChI=1S/C28H32O8/c1-29-20-12-18(13-21(16-20)30-2)22(19-14-25(33-5)28(36-8)26(15-19)34-6)9-17-10-23(31-3)27(35-7)24(11-17)32-4/h9-16H,1-8H3/b22-9-. The first-order valence-electron chi connectivity index (χ1n) is 11.0. The van der Waals surface area contributed by atoms with E-state index in [1.165, 1.54) is 0 Å². The van der Waals surface area contributed by atoms with Crippen LogP contribution in [0.3, 0.4) is 0 Å². The molecule has 0 aliphatic carbocycles. The van der Waals surface area contributed by atoms with Crippen molar-refractivity contribution in [2.45, 2.75) is 0 Å². The van der Waals surface area contributed by atoms with E-state index in [1.54, 1.807) is 56.9 Å². The molecule has 8 nitrogen and oxygen atoms in total. The molecule has 0 unspecified atom stereocenters. The number of methoxy groups -OCH3 is 8. The molecular weight excluding hydrogens is 464 g/mol. The molecule has 0 N–H and O–H groups in total. The van der Waals surface area contributed by atoms with Crippen LogP contribution < -0.4 is 37.9 Å². The Labute approximate surface area is 211 Å². The highest BCUT2D eigenvalue weighted by atomic mass is 16.5. The minimum atomic E-state index is 0.499. The van der Waals surface area contributed by atoms with Gasteiger partial charge in [0.05, 0.1) is 56.9 Å². The van der Waals surface area contributed by atoms with Crippen molar-refractivity contribution >= 4 is 11.6 Å². The number of hydrogen-bond acceptors (Lipinski definition) is 8. The molecule has 3 aromatic rings. The summed E-state index contributed by atoms with van der Waals surface area (Å²) >= 11 is 0. The van der Waals surface area contributed by atoms with Gasteiger partial charge in [-0.15, -0.1) is 0 Å². The lowest BCUT2D eigenvalue weighted by atomic mass is 9.94. The summed E-state index contributed by atoms with van der Waals surface area (Å²) in [5, 5.41) is 0. The second kappa shape index (κ2) is 12.0. The van der Waals surface area contributed by atoms with E-state index in [-0.39, 0.29) is 0 Å². The molecule has 3 aromatic carbocycles. The fourth-order valence-corrected chi connectivity index (χ4v) is 3.88. The van der Waals surface area contributed by atoms with Crippen LogP contribution in [-0.4, -0.2) is 56.9 Å². The Hall–Kier alpha value is -4.20. The van der Waals surface area contributed by atoms with Crippen molar-refractivity contribution in [2.75, 3.05) is 56.9 Å². The molecule has 0 amide bonds. The molecule has 0 aliphatic heterocycles. The first-order valence-corrected chi connectivity index (χ1v) is 11.0. The average molecular weight is 497 g/mol. The highest BCUT2D eigenvalue weighted by Gasteiger charge is 2.19. The van der Waals surface area contributed by atoms with E-state index in [1.807, 2.05) is 48.5 Å². The van der Waals surface area contributed by atoms with Crippen LogP contribution in [0.25, 0.3) is 11.6 Å². The minimum absolute atomic E-state index is 0.499. The van der Waals surface area contributed by atoms with E-state index in [0.29, 0.717) is 46.0 Å². The zero-order chi connectivity index (χ0) is 26.2. The summed E-state index contributed by atoms with van der Waals surface area (Å²) in [7, 11) is 12.7. The first kappa shape index (κ1) is 26.4. The Bertz CT molecular complexity index is 1160. The molecule has 8 heteroatoms. The lowest BCUT2D eigenvalue weighted by molar-refractivity contribution is 0.324. The lowest BCUT2D eigenvalue weighted by Crippen LogP contribution is -1.99. The number of rotatable bonds is 11. The van der Waals surface area contributed by atoms with Gasteiger partial charge in [0.2, 0.25) is 11.5 Å². The summed E-state index contributed by atoms with van der Waals surface area (Å²) in [6, 6.07) is 13.2. The Kier molecular flexibility index (Phi) is 8.78. The van der Waals surface area contributed by atoms with Crippen LogP contribution in [0, 0.1) is 0 Å². The maximum atomic E-state index is 5.61. The third kappa shape index (κ3) is 5.38. The third-order valence-corrected chi connectivity index (χ3v) is 5.64. The smallest absolute Gasteiger partial charge is 0.203 e. The quantitative estimate of drug-likeness (QED) is 0.329. The zero-order valence-electron chi connectivity index (χ0n) is 21.9. The molecule has 0 spiro atoms. The second-order valence-electron chi connectivity index (χ2n) is 7.53. The van der Waals surface area contributed by atoms with Crippen molar-refractivity contribution in [1.29, 1.82) is 0 Å². The van der Waals surface area contributed by atoms with Crippen LogP contribution >= 0.6 is 0 Å². The van der Waals surface area contributed by atoms with Crippen molar-refractivity contribution in [3.05, 3.63) is 59.2 Å². The van der Waals surface area contributed by atoms with Gasteiger partial charge in [-0.05, 0) is 64.7 Å². The maximum Gasteiger partial charge on any atom is 0.203 e. The van der Waals surface area contributed by atoms with Gasteiger partial charge in [0.25, 0.3) is 0 Å². The summed E-state index contributed by atoms with van der Waals surface area (Å²) in [4.78, 5) is 0. The third-order valence-electron chi connectivity index (χ3n) is 5.64. The summed E-state index contributed by atoms with van der Waals surface area (Å²) in [6.45, 7) is 0. The average Bonchev–Trinajstić information content (AvgIpc) is 2.93. The number of hydrogen-bond donors (Lipinski definition) is 0. The summed E-state index contributed by atoms with van der Waals surface area (Å²) in [5.74, 6) is 4.43. The Morgan fingerprint density at radius 2 is 0.833 bits per heavy atom. The van der Waals surface area contributed by atoms with Crippen molar-refractivity contribution in [2.24, 2.45) is 0 Å². The SMILES string of the molecule is COc1cc(OC)cc(/C(=C/c2cc(OC)c(OC)c(OC)c2)c2cc(OC)c(OC)c(OC)c2)c1. The number of benzene rings is 3. The molecule has 0 saturated heterocycles. The maximum absolute atomic E-state index is 5.61. The van der Waals surface area contributed by atoms with Crippen molar-refractivity contribution < 1.29 is 37.9 Å². The van der Waals surface area contributed by atoms with Crippen molar-refractivity contribution in [3.8, 4) is 46.0 Å². The van der Waals surface area contributed by atoms with Gasteiger partial charge in [-0.2, -0.15) is 0 Å². The van der Waals surface area contributed by atoms with Crippen LogP contribution in [0.1, 0.15) is 16.7 Å². The predicted octanol–water partition coefficient (Wildman–Crippen LogP) is 5.34. The molecule has 0 radical (unpaired) electrons. The molecule has 0 fully saturated rings. The van der Waals surface area contributed by atoms with E-state index < -0.39 is 0 Å². The predicted molar refractivity (Wildman–Crippen MR) is 139 cm³/mol. The lowest BCUT2D eigenvalue weighted by Gasteiger charge is -2.18. The van der Waals surface area contributed by atoms with Gasteiger partial charge in [-0.25, -0.2) is 0 Å². The van der Waals surface area contributed by atoms with E-state index in [4.69, 9.17) is 37.9 Å². The van der Waals surface area contributed by atoms with Crippen molar-refractivity contribution in [1.82, 2.24) is 0 Å². The Balaban J connectivity index is 2.37. The van der Waals surface area contributed by atoms with Crippen LogP contribution in [0.2, 0.25) is 0 Å². The fourth-order valence-electron chi connectivity index (χ4n) is 3.88. The van der Waals surface area contributed by atoms with E-state index in [2.05, 4.69) is 0 Å². The molecule has 0 aromatic heterocycles. The van der Waals surface area contributed by atoms with Crippen LogP contribution in [0.5, 0.6) is 46.0 Å². The minimum Gasteiger partial charge on any atom is -0.497 e. The molecule has 192 valence electrons. The van der Waals surface area contributed by atoms with Crippen LogP contribution in [-0.2, 0) is 0 Å². The molecule has 0 atom stereocenters. The monoisotopic (exact) mass is 496 g/mol. The van der Waals surface area contributed by atoms with Gasteiger partial charge in [-0.3, -0.25) is 0 Å². The van der Waals surface area contributed by atoms with Gasteiger partial charge in [0, 0.05) is 6.07 Å². The Morgan fingerprint density at radius 1 is 0.444 bits per heavy atom. The van der Waals surface area contributed by atoms with E-state index in [9.17, 15) is 0 Å². The van der Waals surface area contributed by atoms with Gasteiger partial charge >= 0.3 is 0 Å². The summed E-state index contributed by atoms with van der Waals surface area (Å²) < 4.78 is 44.4. The molecule has 0 bridgehead atoms. The molecule has 0 saturated carbocycles. The van der Waals surface area contributed by atoms with Crippen LogP contribution in [0.15, 0.2) is 42.5 Å². The second-order valence-corrected chi connectivity index (χ2v) is 7.53. The largest absolute Gasteiger partial charge is 0.497 e. The highest BCUT2D eigenvalue weighted by molar-refractivity contribution is 5.93. The van der Waals surface area contributed by atoms with Gasteiger partial charge in [0.1, 0.15) is 11.5 Å². The molecule has 36 heavy (non-hydrogen) atoms. The fraction of sp³-hybridized carbons (Fsp3) is 0.286. The number of ether oxygens (including phenoxy) is 8. The summed E-state index contributed by atoms with van der Waals surface area (Å²) in [6.07, 6.45) is 2.00.